The molecule has 0 bridgehead atoms. The van der Waals surface area contributed by atoms with Crippen LogP contribution in [0.25, 0.3) is 11.4 Å². The van der Waals surface area contributed by atoms with E-state index in [9.17, 15) is 13.6 Å². The number of benzene rings is 2. The third kappa shape index (κ3) is 4.91. The topological polar surface area (TPSA) is 71.3 Å². The molecule has 9 heteroatoms. The summed E-state index contributed by atoms with van der Waals surface area (Å²) < 4.78 is 33.2. The van der Waals surface area contributed by atoms with Crippen molar-refractivity contribution in [2.45, 2.75) is 19.4 Å². The molecule has 1 N–H and O–H groups in total. The van der Waals surface area contributed by atoms with Gasteiger partial charge in [-0.15, -0.1) is 0 Å². The molecule has 156 valence electrons. The summed E-state index contributed by atoms with van der Waals surface area (Å²) in [4.78, 5) is 19.1. The van der Waals surface area contributed by atoms with Crippen LogP contribution in [-0.2, 0) is 11.3 Å². The van der Waals surface area contributed by atoms with E-state index >= 15 is 0 Å². The molecule has 1 saturated heterocycles. The summed E-state index contributed by atoms with van der Waals surface area (Å²) in [5.41, 5.74) is 0.833. The Balaban J connectivity index is 1.37. The molecule has 1 aliphatic rings. The van der Waals surface area contributed by atoms with Gasteiger partial charge in [-0.25, -0.2) is 8.78 Å². The number of likely N-dealkylation sites (tertiary alicyclic amines) is 1. The Morgan fingerprint density at radius 3 is 2.80 bits per heavy atom. The highest BCUT2D eigenvalue weighted by Crippen LogP contribution is 2.23. The quantitative estimate of drug-likeness (QED) is 0.581. The normalized spacial score (nSPS) is 17.1. The Kier molecular flexibility index (Phi) is 6.19. The number of nitrogens with one attached hydrogen (secondary N) is 1. The average Bonchev–Trinajstić information content (AvgIpc) is 3.19. The number of amides is 1. The van der Waals surface area contributed by atoms with E-state index in [-0.39, 0.29) is 17.5 Å². The molecule has 2 aromatic carbocycles. The number of carbonyl (C=O) groups excluding carboxylic acids is 1. The van der Waals surface area contributed by atoms with Gasteiger partial charge in [0.25, 0.3) is 0 Å². The number of piperidine rings is 1. The van der Waals surface area contributed by atoms with Crippen LogP contribution in [-0.4, -0.2) is 34.0 Å². The van der Waals surface area contributed by atoms with Crippen molar-refractivity contribution < 1.29 is 18.1 Å². The monoisotopic (exact) mass is 476 g/mol. The first-order valence-electron chi connectivity index (χ1n) is 9.55. The van der Waals surface area contributed by atoms with Gasteiger partial charge in [-0.1, -0.05) is 21.1 Å². The van der Waals surface area contributed by atoms with Crippen LogP contribution in [0.2, 0.25) is 0 Å². The van der Waals surface area contributed by atoms with Crippen molar-refractivity contribution in [3.63, 3.8) is 0 Å². The second-order valence-corrected chi connectivity index (χ2v) is 8.12. The van der Waals surface area contributed by atoms with Crippen LogP contribution in [0.1, 0.15) is 18.7 Å². The van der Waals surface area contributed by atoms with Gasteiger partial charge in [0.1, 0.15) is 11.6 Å². The van der Waals surface area contributed by atoms with E-state index in [1.807, 2.05) is 24.3 Å². The summed E-state index contributed by atoms with van der Waals surface area (Å²) in [5, 5.41) is 6.59. The average molecular weight is 477 g/mol. The fourth-order valence-corrected chi connectivity index (χ4v) is 3.73. The lowest BCUT2D eigenvalue weighted by Crippen LogP contribution is -2.40. The molecular formula is C21H19BrF2N4O2. The van der Waals surface area contributed by atoms with Crippen LogP contribution in [0.5, 0.6) is 0 Å². The number of nitrogens with zero attached hydrogens (tertiary/aromatic N) is 3. The predicted molar refractivity (Wildman–Crippen MR) is 110 cm³/mol. The Bertz CT molecular complexity index is 1040. The zero-order valence-electron chi connectivity index (χ0n) is 15.9. The van der Waals surface area contributed by atoms with Crippen molar-refractivity contribution in [3.8, 4) is 11.4 Å². The van der Waals surface area contributed by atoms with Crippen molar-refractivity contribution in [2.24, 2.45) is 5.92 Å². The molecular weight excluding hydrogens is 458 g/mol. The molecule has 6 nitrogen and oxygen atoms in total. The van der Waals surface area contributed by atoms with Gasteiger partial charge in [0, 0.05) is 22.6 Å². The fourth-order valence-electron chi connectivity index (χ4n) is 3.47. The summed E-state index contributed by atoms with van der Waals surface area (Å²) in [6.07, 6.45) is 1.51. The number of hydrogen-bond acceptors (Lipinski definition) is 5. The van der Waals surface area contributed by atoms with Gasteiger partial charge in [0.15, 0.2) is 0 Å². The van der Waals surface area contributed by atoms with Gasteiger partial charge >= 0.3 is 0 Å². The predicted octanol–water partition coefficient (Wildman–Crippen LogP) is 4.63. The molecule has 1 unspecified atom stereocenters. The van der Waals surface area contributed by atoms with Crippen LogP contribution in [0.15, 0.2) is 51.5 Å². The van der Waals surface area contributed by atoms with Crippen LogP contribution in [0, 0.1) is 17.6 Å². The second kappa shape index (κ2) is 9.01. The summed E-state index contributed by atoms with van der Waals surface area (Å²) in [7, 11) is 0. The van der Waals surface area contributed by atoms with Crippen molar-refractivity contribution in [3.05, 3.63) is 64.5 Å². The van der Waals surface area contributed by atoms with Gasteiger partial charge in [-0.2, -0.15) is 4.98 Å². The van der Waals surface area contributed by atoms with Gasteiger partial charge in [-0.3, -0.25) is 9.69 Å². The molecule has 1 aliphatic heterocycles. The number of halogens is 3. The van der Waals surface area contributed by atoms with E-state index in [1.165, 1.54) is 6.07 Å². The van der Waals surface area contributed by atoms with Crippen LogP contribution in [0.4, 0.5) is 14.5 Å². The first-order valence-corrected chi connectivity index (χ1v) is 10.3. The Labute approximate surface area is 180 Å². The van der Waals surface area contributed by atoms with Crippen LogP contribution >= 0.6 is 15.9 Å². The van der Waals surface area contributed by atoms with Gasteiger partial charge in [0.2, 0.25) is 17.6 Å². The first kappa shape index (κ1) is 20.6. The minimum Gasteiger partial charge on any atom is -0.338 e. The molecule has 1 atom stereocenters. The lowest BCUT2D eigenvalue weighted by atomic mass is 9.97. The maximum absolute atomic E-state index is 13.8. The minimum absolute atomic E-state index is 0.0189. The summed E-state index contributed by atoms with van der Waals surface area (Å²) in [6.45, 7) is 1.72. The zero-order valence-corrected chi connectivity index (χ0v) is 17.5. The van der Waals surface area contributed by atoms with Gasteiger partial charge in [-0.05, 0) is 55.8 Å². The SMILES string of the molecule is O=C(Nc1ccc(F)cc1F)C1CCCN(Cc2nc(-c3ccc(Br)cc3)no2)C1. The number of carbonyl (C=O) groups is 1. The van der Waals surface area contributed by atoms with E-state index in [0.29, 0.717) is 31.2 Å². The highest BCUT2D eigenvalue weighted by Gasteiger charge is 2.27. The van der Waals surface area contributed by atoms with Crippen LogP contribution in [0.3, 0.4) is 0 Å². The third-order valence-electron chi connectivity index (χ3n) is 4.99. The zero-order chi connectivity index (χ0) is 21.1. The van der Waals surface area contributed by atoms with Crippen LogP contribution < -0.4 is 5.32 Å². The number of rotatable bonds is 5. The van der Waals surface area contributed by atoms with Crippen molar-refractivity contribution in [1.29, 1.82) is 0 Å². The molecule has 1 amide bonds. The molecule has 30 heavy (non-hydrogen) atoms. The van der Waals surface area contributed by atoms with Gasteiger partial charge < -0.3 is 9.84 Å². The van der Waals surface area contributed by atoms with E-state index in [4.69, 9.17) is 4.52 Å². The molecule has 2 heterocycles. The standard InChI is InChI=1S/C21H19BrF2N4O2/c22-15-5-3-13(4-6-15)20-26-19(30-27-20)12-28-9-1-2-14(11-28)21(29)25-18-8-7-16(23)10-17(18)24/h3-8,10,14H,1-2,9,11-12H2,(H,25,29). The Hall–Kier alpha value is -2.65. The third-order valence-corrected chi connectivity index (χ3v) is 5.52. The second-order valence-electron chi connectivity index (χ2n) is 7.21. The van der Waals surface area contributed by atoms with E-state index in [2.05, 4.69) is 36.3 Å². The van der Waals surface area contributed by atoms with Crippen molar-refractivity contribution in [2.75, 3.05) is 18.4 Å². The number of anilines is 1. The first-order chi connectivity index (χ1) is 14.5. The molecule has 4 rings (SSSR count). The summed E-state index contributed by atoms with van der Waals surface area (Å²) in [6, 6.07) is 10.7. The molecule has 0 radical (unpaired) electrons. The summed E-state index contributed by atoms with van der Waals surface area (Å²) in [5.74, 6) is -1.09. The largest absolute Gasteiger partial charge is 0.338 e. The maximum atomic E-state index is 13.8. The summed E-state index contributed by atoms with van der Waals surface area (Å²) >= 11 is 3.39. The molecule has 0 saturated carbocycles. The van der Waals surface area contributed by atoms with Gasteiger partial charge in [0.05, 0.1) is 18.2 Å². The van der Waals surface area contributed by atoms with Crippen molar-refractivity contribution in [1.82, 2.24) is 15.0 Å². The maximum Gasteiger partial charge on any atom is 0.241 e. The highest BCUT2D eigenvalue weighted by atomic mass is 79.9. The lowest BCUT2D eigenvalue weighted by Gasteiger charge is -2.30. The fraction of sp³-hybridized carbons (Fsp3) is 0.286. The highest BCUT2D eigenvalue weighted by molar-refractivity contribution is 9.10. The number of aromatic nitrogens is 2. The Morgan fingerprint density at radius 2 is 2.03 bits per heavy atom. The number of hydrogen-bond donors (Lipinski definition) is 1. The molecule has 0 spiro atoms. The Morgan fingerprint density at radius 1 is 1.23 bits per heavy atom. The van der Waals surface area contributed by atoms with Crippen molar-refractivity contribution >= 4 is 27.5 Å². The van der Waals surface area contributed by atoms with E-state index in [1.54, 1.807) is 0 Å². The molecule has 1 fully saturated rings. The molecule has 1 aromatic heterocycles. The van der Waals surface area contributed by atoms with E-state index in [0.717, 1.165) is 35.1 Å². The molecule has 0 aliphatic carbocycles. The van der Waals surface area contributed by atoms with E-state index < -0.39 is 11.6 Å². The minimum atomic E-state index is -0.789. The molecule has 3 aromatic rings. The lowest BCUT2D eigenvalue weighted by molar-refractivity contribution is -0.121. The smallest absolute Gasteiger partial charge is 0.241 e.